The maximum Gasteiger partial charge on any atom is 0.498 e. The van der Waals surface area contributed by atoms with Crippen LogP contribution < -0.4 is 5.46 Å². The van der Waals surface area contributed by atoms with Gasteiger partial charge in [-0.3, -0.25) is 4.68 Å². The number of hydrogen-bond donors (Lipinski definition) is 0. The molecule has 2 aliphatic rings. The molecule has 144 valence electrons. The summed E-state index contributed by atoms with van der Waals surface area (Å²) >= 11 is 0. The van der Waals surface area contributed by atoms with Gasteiger partial charge in [-0.25, -0.2) is 4.79 Å². The van der Waals surface area contributed by atoms with Gasteiger partial charge in [0.15, 0.2) is 0 Å². The Morgan fingerprint density at radius 2 is 2.04 bits per heavy atom. The minimum Gasteiger partial charge on any atom is -0.449 e. The summed E-state index contributed by atoms with van der Waals surface area (Å²) in [4.78, 5) is 13.8. The zero-order valence-corrected chi connectivity index (χ0v) is 16.5. The molecule has 0 N–H and O–H groups in total. The Kier molecular flexibility index (Phi) is 5.35. The highest BCUT2D eigenvalue weighted by Gasteiger charge is 2.52. The van der Waals surface area contributed by atoms with E-state index >= 15 is 0 Å². The van der Waals surface area contributed by atoms with Gasteiger partial charge in [0.1, 0.15) is 0 Å². The molecule has 0 aromatic carbocycles. The highest BCUT2D eigenvalue weighted by Crippen LogP contribution is 2.36. The lowest BCUT2D eigenvalue weighted by Gasteiger charge is -2.32. The Morgan fingerprint density at radius 3 is 2.69 bits per heavy atom. The van der Waals surface area contributed by atoms with Crippen molar-refractivity contribution in [3.8, 4) is 0 Å². The fourth-order valence-electron chi connectivity index (χ4n) is 3.17. The molecule has 1 unspecified atom stereocenters. The summed E-state index contributed by atoms with van der Waals surface area (Å²) in [6.45, 7) is 12.0. The van der Waals surface area contributed by atoms with E-state index in [1.165, 1.54) is 0 Å². The van der Waals surface area contributed by atoms with Crippen molar-refractivity contribution in [3.63, 3.8) is 0 Å². The number of likely N-dealkylation sites (tertiary alicyclic amines) is 1. The summed E-state index contributed by atoms with van der Waals surface area (Å²) in [5, 5.41) is 4.49. The zero-order valence-electron chi connectivity index (χ0n) is 16.5. The first-order valence-corrected chi connectivity index (χ1v) is 9.55. The van der Waals surface area contributed by atoms with Crippen molar-refractivity contribution in [1.29, 1.82) is 0 Å². The second-order valence-corrected chi connectivity index (χ2v) is 8.20. The van der Waals surface area contributed by atoms with E-state index in [-0.39, 0.29) is 23.3 Å². The molecule has 1 aromatic heterocycles. The first kappa shape index (κ1) is 19.2. The van der Waals surface area contributed by atoms with Crippen molar-refractivity contribution in [2.75, 3.05) is 19.7 Å². The van der Waals surface area contributed by atoms with E-state index in [1.54, 1.807) is 11.1 Å². The van der Waals surface area contributed by atoms with Crippen LogP contribution in [0, 0.1) is 0 Å². The number of hydrogen-bond acceptors (Lipinski definition) is 5. The number of nitrogens with zero attached hydrogens (tertiary/aromatic N) is 3. The van der Waals surface area contributed by atoms with Crippen LogP contribution in [0.25, 0.3) is 0 Å². The fraction of sp³-hybridized carbons (Fsp3) is 0.778. The zero-order chi connectivity index (χ0) is 18.9. The van der Waals surface area contributed by atoms with Gasteiger partial charge in [0.2, 0.25) is 0 Å². The number of rotatable bonds is 5. The molecule has 0 spiro atoms. The number of ether oxygens (including phenoxy) is 1. The summed E-state index contributed by atoms with van der Waals surface area (Å²) < 4.78 is 19.4. The molecule has 26 heavy (non-hydrogen) atoms. The second kappa shape index (κ2) is 7.23. The molecule has 8 heteroatoms. The molecule has 1 aromatic rings. The molecule has 0 radical (unpaired) electrons. The van der Waals surface area contributed by atoms with Crippen molar-refractivity contribution in [3.05, 3.63) is 12.4 Å². The van der Waals surface area contributed by atoms with Crippen molar-refractivity contribution >= 4 is 18.7 Å². The molecule has 2 fully saturated rings. The maximum absolute atomic E-state index is 12.1. The standard InChI is InChI=1S/C18H30BN3O4/c1-6-7-10-24-16(23)21-9-8-15(13-21)22-12-14(11-20-22)19-25-17(2,3)18(4,5)26-19/h11-12,15H,6-10,13H2,1-5H3. The first-order chi connectivity index (χ1) is 12.2. The van der Waals surface area contributed by atoms with Crippen molar-refractivity contribution in [2.45, 2.75) is 71.1 Å². The van der Waals surface area contributed by atoms with E-state index in [1.807, 2.05) is 38.6 Å². The van der Waals surface area contributed by atoms with Crippen LogP contribution in [-0.2, 0) is 14.0 Å². The summed E-state index contributed by atoms with van der Waals surface area (Å²) in [6, 6.07) is 0.157. The first-order valence-electron chi connectivity index (χ1n) is 9.55. The van der Waals surface area contributed by atoms with Gasteiger partial charge < -0.3 is 18.9 Å². The lowest BCUT2D eigenvalue weighted by molar-refractivity contribution is 0.00578. The molecular formula is C18H30BN3O4. The van der Waals surface area contributed by atoms with Gasteiger partial charge in [-0.1, -0.05) is 13.3 Å². The lowest BCUT2D eigenvalue weighted by atomic mass is 9.82. The molecule has 0 bridgehead atoms. The molecule has 2 saturated heterocycles. The SMILES string of the molecule is CCCCOC(=O)N1CCC(n2cc(B3OC(C)(C)C(C)(C)O3)cn2)C1. The van der Waals surface area contributed by atoms with Crippen molar-refractivity contribution in [2.24, 2.45) is 0 Å². The Hall–Kier alpha value is -1.54. The molecule has 3 rings (SSSR count). The number of amides is 1. The highest BCUT2D eigenvalue weighted by molar-refractivity contribution is 6.62. The quantitative estimate of drug-likeness (QED) is 0.594. The largest absolute Gasteiger partial charge is 0.498 e. The number of unbranched alkanes of at least 4 members (excludes halogenated alkanes) is 1. The van der Waals surface area contributed by atoms with Gasteiger partial charge in [0.25, 0.3) is 0 Å². The average molecular weight is 363 g/mol. The summed E-state index contributed by atoms with van der Waals surface area (Å²) in [7, 11) is -0.412. The predicted molar refractivity (Wildman–Crippen MR) is 99.4 cm³/mol. The third-order valence-electron chi connectivity index (χ3n) is 5.67. The minimum absolute atomic E-state index is 0.157. The molecular weight excluding hydrogens is 333 g/mol. The van der Waals surface area contributed by atoms with E-state index in [0.29, 0.717) is 19.7 Å². The van der Waals surface area contributed by atoms with Crippen LogP contribution in [0.1, 0.15) is 59.9 Å². The number of carbonyl (C=O) groups excluding carboxylic acids is 1. The Balaban J connectivity index is 1.58. The lowest BCUT2D eigenvalue weighted by Crippen LogP contribution is -2.41. The van der Waals surface area contributed by atoms with Crippen LogP contribution in [0.4, 0.5) is 4.79 Å². The monoisotopic (exact) mass is 363 g/mol. The number of carbonyl (C=O) groups is 1. The van der Waals surface area contributed by atoms with Crippen molar-refractivity contribution < 1.29 is 18.8 Å². The van der Waals surface area contributed by atoms with E-state index in [4.69, 9.17) is 14.0 Å². The van der Waals surface area contributed by atoms with Crippen LogP contribution in [0.3, 0.4) is 0 Å². The van der Waals surface area contributed by atoms with Crippen LogP contribution in [0.5, 0.6) is 0 Å². The van der Waals surface area contributed by atoms with E-state index in [0.717, 1.165) is 24.7 Å². The smallest absolute Gasteiger partial charge is 0.449 e. The van der Waals surface area contributed by atoms with Gasteiger partial charge in [-0.15, -0.1) is 0 Å². The van der Waals surface area contributed by atoms with Gasteiger partial charge in [-0.05, 0) is 40.5 Å². The third-order valence-corrected chi connectivity index (χ3v) is 5.67. The molecule has 1 atom stereocenters. The van der Waals surface area contributed by atoms with Gasteiger partial charge in [0.05, 0.1) is 23.9 Å². The molecule has 7 nitrogen and oxygen atoms in total. The number of aromatic nitrogens is 2. The van der Waals surface area contributed by atoms with Crippen LogP contribution >= 0.6 is 0 Å². The van der Waals surface area contributed by atoms with Crippen LogP contribution in [0.15, 0.2) is 12.4 Å². The normalized spacial score (nSPS) is 24.3. The van der Waals surface area contributed by atoms with Gasteiger partial charge in [-0.2, -0.15) is 5.10 Å². The highest BCUT2D eigenvalue weighted by atomic mass is 16.7. The Morgan fingerprint density at radius 1 is 1.35 bits per heavy atom. The molecule has 0 saturated carbocycles. The maximum atomic E-state index is 12.1. The Labute approximate surface area is 156 Å². The average Bonchev–Trinajstić information content (AvgIpc) is 3.26. The minimum atomic E-state index is -0.412. The molecule has 2 aliphatic heterocycles. The van der Waals surface area contributed by atoms with E-state index in [9.17, 15) is 4.79 Å². The van der Waals surface area contributed by atoms with Crippen LogP contribution in [-0.4, -0.2) is 58.8 Å². The van der Waals surface area contributed by atoms with Gasteiger partial charge in [0, 0.05) is 30.9 Å². The molecule has 0 aliphatic carbocycles. The topological polar surface area (TPSA) is 65.8 Å². The predicted octanol–water partition coefficient (Wildman–Crippen LogP) is 2.37. The van der Waals surface area contributed by atoms with Gasteiger partial charge >= 0.3 is 13.2 Å². The van der Waals surface area contributed by atoms with Crippen LogP contribution in [0.2, 0.25) is 0 Å². The van der Waals surface area contributed by atoms with Crippen molar-refractivity contribution in [1.82, 2.24) is 14.7 Å². The Bertz CT molecular complexity index is 630. The van der Waals surface area contributed by atoms with E-state index in [2.05, 4.69) is 12.0 Å². The third kappa shape index (κ3) is 3.76. The summed E-state index contributed by atoms with van der Waals surface area (Å²) in [5.41, 5.74) is 0.172. The molecule has 3 heterocycles. The summed E-state index contributed by atoms with van der Waals surface area (Å²) in [5.74, 6) is 0. The summed E-state index contributed by atoms with van der Waals surface area (Å²) in [6.07, 6.45) is 6.33. The second-order valence-electron chi connectivity index (χ2n) is 8.20. The van der Waals surface area contributed by atoms with E-state index < -0.39 is 7.12 Å². The molecule has 1 amide bonds. The fourth-order valence-corrected chi connectivity index (χ4v) is 3.17.